The predicted octanol–water partition coefficient (Wildman–Crippen LogP) is 1.64. The molecule has 0 unspecified atom stereocenters. The lowest BCUT2D eigenvalue weighted by Gasteiger charge is -2.27. The number of fused-ring (bicyclic) bond motifs is 1. The summed E-state index contributed by atoms with van der Waals surface area (Å²) in [6, 6.07) is 1.12. The number of amides is 2. The third-order valence-electron chi connectivity index (χ3n) is 3.98. The minimum absolute atomic E-state index is 0.0162. The van der Waals surface area contributed by atoms with E-state index in [1.165, 1.54) is 10.4 Å². The zero-order valence-corrected chi connectivity index (χ0v) is 14.2. The number of aliphatic carboxylic acids is 1. The summed E-state index contributed by atoms with van der Waals surface area (Å²) < 4.78 is 0. The van der Waals surface area contributed by atoms with Crippen molar-refractivity contribution in [1.82, 2.24) is 10.2 Å². The van der Waals surface area contributed by atoms with Gasteiger partial charge in [0.05, 0.1) is 0 Å². The molecule has 7 heteroatoms. The van der Waals surface area contributed by atoms with Crippen LogP contribution in [-0.2, 0) is 27.3 Å². The van der Waals surface area contributed by atoms with Gasteiger partial charge in [-0.3, -0.25) is 9.59 Å². The van der Waals surface area contributed by atoms with Gasteiger partial charge in [0, 0.05) is 30.8 Å². The van der Waals surface area contributed by atoms with Crippen molar-refractivity contribution in [3.8, 4) is 0 Å². The maximum absolute atomic E-state index is 12.2. The fourth-order valence-corrected chi connectivity index (χ4v) is 3.49. The fraction of sp³-hybridized carbons (Fsp3) is 0.562. The highest BCUT2D eigenvalue weighted by Gasteiger charge is 2.25. The largest absolute Gasteiger partial charge is 0.480 e. The first kappa shape index (κ1) is 17.5. The van der Waals surface area contributed by atoms with E-state index >= 15 is 0 Å². The smallest absolute Gasteiger partial charge is 0.326 e. The highest BCUT2D eigenvalue weighted by molar-refractivity contribution is 7.10. The number of carboxylic acids is 1. The second-order valence-corrected chi connectivity index (χ2v) is 7.06. The van der Waals surface area contributed by atoms with Crippen molar-refractivity contribution >= 4 is 29.1 Å². The van der Waals surface area contributed by atoms with Crippen LogP contribution in [0.15, 0.2) is 11.4 Å². The molecule has 0 radical (unpaired) electrons. The van der Waals surface area contributed by atoms with E-state index in [0.29, 0.717) is 13.1 Å². The summed E-state index contributed by atoms with van der Waals surface area (Å²) >= 11 is 1.71. The van der Waals surface area contributed by atoms with Crippen LogP contribution in [0.2, 0.25) is 0 Å². The molecular weight excluding hydrogens is 316 g/mol. The molecule has 1 aliphatic rings. The van der Waals surface area contributed by atoms with Crippen molar-refractivity contribution in [2.24, 2.45) is 5.92 Å². The second-order valence-electron chi connectivity index (χ2n) is 6.06. The quantitative estimate of drug-likeness (QED) is 0.825. The highest BCUT2D eigenvalue weighted by atomic mass is 32.1. The van der Waals surface area contributed by atoms with E-state index in [4.69, 9.17) is 5.11 Å². The molecule has 1 aromatic heterocycles. The highest BCUT2D eigenvalue weighted by Crippen LogP contribution is 2.24. The maximum Gasteiger partial charge on any atom is 0.326 e. The van der Waals surface area contributed by atoms with Crippen molar-refractivity contribution in [2.75, 3.05) is 6.54 Å². The van der Waals surface area contributed by atoms with Crippen molar-refractivity contribution < 1.29 is 19.5 Å². The number of hydrogen-bond acceptors (Lipinski definition) is 4. The normalized spacial score (nSPS) is 15.2. The molecule has 2 heterocycles. The van der Waals surface area contributed by atoms with Gasteiger partial charge in [0.15, 0.2) is 0 Å². The van der Waals surface area contributed by atoms with Gasteiger partial charge in [-0.1, -0.05) is 13.8 Å². The molecule has 2 amide bonds. The Labute approximate surface area is 139 Å². The Morgan fingerprint density at radius 3 is 2.74 bits per heavy atom. The number of carbonyl (C=O) groups is 3. The third-order valence-corrected chi connectivity index (χ3v) is 5.00. The lowest BCUT2D eigenvalue weighted by Crippen LogP contribution is -2.44. The molecule has 23 heavy (non-hydrogen) atoms. The van der Waals surface area contributed by atoms with Gasteiger partial charge in [0.2, 0.25) is 11.8 Å². The monoisotopic (exact) mass is 338 g/mol. The summed E-state index contributed by atoms with van der Waals surface area (Å²) in [6.45, 7) is 4.74. The van der Waals surface area contributed by atoms with Crippen LogP contribution in [-0.4, -0.2) is 40.4 Å². The van der Waals surface area contributed by atoms with Crippen LogP contribution < -0.4 is 5.32 Å². The molecule has 1 aliphatic heterocycles. The summed E-state index contributed by atoms with van der Waals surface area (Å²) in [6.07, 6.45) is 0.984. The maximum atomic E-state index is 12.2. The molecule has 0 spiro atoms. The van der Waals surface area contributed by atoms with Gasteiger partial charge in [-0.15, -0.1) is 11.3 Å². The first-order valence-corrected chi connectivity index (χ1v) is 8.61. The zero-order chi connectivity index (χ0) is 17.0. The summed E-state index contributed by atoms with van der Waals surface area (Å²) in [5.41, 5.74) is 1.19. The number of carbonyl (C=O) groups excluding carboxylic acids is 2. The van der Waals surface area contributed by atoms with E-state index in [1.54, 1.807) is 30.1 Å². The summed E-state index contributed by atoms with van der Waals surface area (Å²) in [7, 11) is 0. The van der Waals surface area contributed by atoms with E-state index in [2.05, 4.69) is 5.32 Å². The number of hydrogen-bond donors (Lipinski definition) is 2. The van der Waals surface area contributed by atoms with Crippen LogP contribution >= 0.6 is 11.3 Å². The second kappa shape index (κ2) is 7.59. The van der Waals surface area contributed by atoms with Gasteiger partial charge < -0.3 is 15.3 Å². The van der Waals surface area contributed by atoms with E-state index in [-0.39, 0.29) is 24.7 Å². The molecule has 0 saturated carbocycles. The van der Waals surface area contributed by atoms with Crippen molar-refractivity contribution in [3.63, 3.8) is 0 Å². The van der Waals surface area contributed by atoms with Crippen LogP contribution in [0.4, 0.5) is 0 Å². The minimum atomic E-state index is -1.05. The van der Waals surface area contributed by atoms with Crippen molar-refractivity contribution in [3.05, 3.63) is 21.9 Å². The number of carboxylic acid groups (broad SMARTS) is 1. The molecular formula is C16H22N2O4S. The Hall–Kier alpha value is -1.89. The lowest BCUT2D eigenvalue weighted by atomic mass is 10.0. The number of thiophene rings is 1. The van der Waals surface area contributed by atoms with E-state index in [0.717, 1.165) is 6.42 Å². The lowest BCUT2D eigenvalue weighted by molar-refractivity contribution is -0.143. The first-order chi connectivity index (χ1) is 10.9. The van der Waals surface area contributed by atoms with Gasteiger partial charge in [-0.25, -0.2) is 4.79 Å². The van der Waals surface area contributed by atoms with Gasteiger partial charge in [-0.2, -0.15) is 0 Å². The summed E-state index contributed by atoms with van der Waals surface area (Å²) in [5, 5.41) is 13.6. The van der Waals surface area contributed by atoms with Crippen molar-refractivity contribution in [1.29, 1.82) is 0 Å². The standard InChI is InChI=1S/C16H22N2O4S/c1-10(2)15(16(21)22)17-13(19)3-4-14(20)18-7-5-12-11(9-18)6-8-23-12/h6,8,10,15H,3-5,7,9H2,1-2H3,(H,17,19)(H,21,22)/t15-/m0/s1. The fourth-order valence-electron chi connectivity index (χ4n) is 2.60. The van der Waals surface area contributed by atoms with E-state index in [1.807, 2.05) is 11.4 Å². The molecule has 126 valence electrons. The molecule has 2 rings (SSSR count). The number of nitrogens with one attached hydrogen (secondary N) is 1. The molecule has 0 saturated heterocycles. The molecule has 0 aliphatic carbocycles. The van der Waals surface area contributed by atoms with Gasteiger partial charge in [-0.05, 0) is 29.3 Å². The average Bonchev–Trinajstić information content (AvgIpc) is 2.96. The van der Waals surface area contributed by atoms with Crippen LogP contribution in [0, 0.1) is 5.92 Å². The SMILES string of the molecule is CC(C)[C@H](NC(=O)CCC(=O)N1CCc2sccc2C1)C(=O)O. The van der Waals surface area contributed by atoms with E-state index in [9.17, 15) is 14.4 Å². The molecule has 0 fully saturated rings. The Balaban J connectivity index is 1.80. The Morgan fingerprint density at radius 2 is 2.09 bits per heavy atom. The van der Waals surface area contributed by atoms with Gasteiger partial charge in [0.25, 0.3) is 0 Å². The zero-order valence-electron chi connectivity index (χ0n) is 13.4. The summed E-state index contributed by atoms with van der Waals surface area (Å²) in [4.78, 5) is 38.2. The van der Waals surface area contributed by atoms with Gasteiger partial charge >= 0.3 is 5.97 Å². The Bertz CT molecular complexity index is 597. The van der Waals surface area contributed by atoms with Crippen LogP contribution in [0.5, 0.6) is 0 Å². The molecule has 1 aromatic rings. The molecule has 2 N–H and O–H groups in total. The predicted molar refractivity (Wildman–Crippen MR) is 87.1 cm³/mol. The Kier molecular flexibility index (Phi) is 5.76. The van der Waals surface area contributed by atoms with Crippen LogP contribution in [0.25, 0.3) is 0 Å². The van der Waals surface area contributed by atoms with Crippen LogP contribution in [0.3, 0.4) is 0 Å². The summed E-state index contributed by atoms with van der Waals surface area (Å²) in [5.74, 6) is -1.71. The topological polar surface area (TPSA) is 86.7 Å². The van der Waals surface area contributed by atoms with Crippen LogP contribution in [0.1, 0.15) is 37.1 Å². The molecule has 0 bridgehead atoms. The minimum Gasteiger partial charge on any atom is -0.480 e. The Morgan fingerprint density at radius 1 is 1.35 bits per heavy atom. The molecule has 1 atom stereocenters. The number of rotatable bonds is 6. The third kappa shape index (κ3) is 4.54. The van der Waals surface area contributed by atoms with Crippen molar-refractivity contribution in [2.45, 2.75) is 45.7 Å². The number of nitrogens with zero attached hydrogens (tertiary/aromatic N) is 1. The van der Waals surface area contributed by atoms with E-state index < -0.39 is 17.9 Å². The van der Waals surface area contributed by atoms with Gasteiger partial charge in [0.1, 0.15) is 6.04 Å². The average molecular weight is 338 g/mol. The first-order valence-electron chi connectivity index (χ1n) is 7.73. The molecule has 6 nitrogen and oxygen atoms in total. The molecule has 0 aromatic carbocycles.